The number of rotatable bonds is 4. The summed E-state index contributed by atoms with van der Waals surface area (Å²) in [5.41, 5.74) is 0. The Morgan fingerprint density at radius 1 is 1.44 bits per heavy atom. The third-order valence-corrected chi connectivity index (χ3v) is 4.45. The van der Waals surface area contributed by atoms with Crippen molar-refractivity contribution >= 4 is 11.8 Å². The van der Waals surface area contributed by atoms with Crippen LogP contribution in [-0.2, 0) is 9.59 Å². The fourth-order valence-corrected chi connectivity index (χ4v) is 2.59. The van der Waals surface area contributed by atoms with Crippen molar-refractivity contribution in [3.05, 3.63) is 0 Å². The van der Waals surface area contributed by atoms with E-state index in [4.69, 9.17) is 0 Å². The largest absolute Gasteiger partial charge is 0.344 e. The summed E-state index contributed by atoms with van der Waals surface area (Å²) < 4.78 is 0. The number of nitrogens with zero attached hydrogens (tertiary/aromatic N) is 1. The van der Waals surface area contributed by atoms with E-state index in [1.54, 1.807) is 0 Å². The Morgan fingerprint density at radius 3 is 2.67 bits per heavy atom. The fourth-order valence-electron chi connectivity index (χ4n) is 2.59. The monoisotopic (exact) mass is 252 g/mol. The third kappa shape index (κ3) is 2.85. The van der Waals surface area contributed by atoms with E-state index in [0.717, 1.165) is 18.9 Å². The Kier molecular flexibility index (Phi) is 3.93. The van der Waals surface area contributed by atoms with Crippen molar-refractivity contribution in [2.75, 3.05) is 13.1 Å². The molecule has 0 spiro atoms. The summed E-state index contributed by atoms with van der Waals surface area (Å²) in [6.07, 6.45) is 2.57. The standard InChI is InChI=1S/C14H24N2O2/c1-4-9(2)13-14(18)16(6-5-12(17)15-13)8-11-7-10(11)3/h9-11,13H,4-8H2,1-3H3,(H,15,17). The normalized spacial score (nSPS) is 33.9. The maximum absolute atomic E-state index is 12.5. The molecule has 102 valence electrons. The average molecular weight is 252 g/mol. The van der Waals surface area contributed by atoms with Crippen molar-refractivity contribution < 1.29 is 9.59 Å². The molecule has 0 bridgehead atoms. The van der Waals surface area contributed by atoms with Crippen molar-refractivity contribution in [2.24, 2.45) is 17.8 Å². The molecular weight excluding hydrogens is 228 g/mol. The maximum atomic E-state index is 12.5. The van der Waals surface area contributed by atoms with Gasteiger partial charge in [0.1, 0.15) is 6.04 Å². The second-order valence-electron chi connectivity index (χ2n) is 5.94. The van der Waals surface area contributed by atoms with Crippen LogP contribution in [0.2, 0.25) is 0 Å². The summed E-state index contributed by atoms with van der Waals surface area (Å²) >= 11 is 0. The maximum Gasteiger partial charge on any atom is 0.245 e. The first-order chi connectivity index (χ1) is 8.52. The summed E-state index contributed by atoms with van der Waals surface area (Å²) in [6, 6.07) is -0.320. The van der Waals surface area contributed by atoms with Crippen molar-refractivity contribution in [3.8, 4) is 0 Å². The average Bonchev–Trinajstić information content (AvgIpc) is 3.06. The third-order valence-electron chi connectivity index (χ3n) is 4.45. The minimum Gasteiger partial charge on any atom is -0.344 e. The molecule has 18 heavy (non-hydrogen) atoms. The second-order valence-corrected chi connectivity index (χ2v) is 5.94. The molecule has 4 heteroatoms. The molecule has 0 radical (unpaired) electrons. The van der Waals surface area contributed by atoms with E-state index in [9.17, 15) is 9.59 Å². The SMILES string of the molecule is CCC(C)C1NC(=O)CCN(CC2CC2C)C1=O. The van der Waals surface area contributed by atoms with Crippen LogP contribution in [-0.4, -0.2) is 35.8 Å². The lowest BCUT2D eigenvalue weighted by atomic mass is 9.98. The van der Waals surface area contributed by atoms with Crippen molar-refractivity contribution in [1.82, 2.24) is 10.2 Å². The van der Waals surface area contributed by atoms with E-state index in [0.29, 0.717) is 18.9 Å². The van der Waals surface area contributed by atoms with Gasteiger partial charge in [-0.1, -0.05) is 27.2 Å². The van der Waals surface area contributed by atoms with Crippen molar-refractivity contribution in [1.29, 1.82) is 0 Å². The summed E-state index contributed by atoms with van der Waals surface area (Å²) in [4.78, 5) is 26.1. The van der Waals surface area contributed by atoms with Crippen LogP contribution in [0, 0.1) is 17.8 Å². The highest BCUT2D eigenvalue weighted by atomic mass is 16.2. The molecule has 0 aromatic heterocycles. The number of amides is 2. The van der Waals surface area contributed by atoms with Crippen LogP contribution in [0.15, 0.2) is 0 Å². The van der Waals surface area contributed by atoms with Gasteiger partial charge in [-0.2, -0.15) is 0 Å². The first kappa shape index (κ1) is 13.4. The molecule has 0 aromatic rings. The molecule has 4 atom stereocenters. The molecule has 0 aromatic carbocycles. The van der Waals surface area contributed by atoms with Gasteiger partial charge in [0.05, 0.1) is 0 Å². The minimum atomic E-state index is -0.320. The summed E-state index contributed by atoms with van der Waals surface area (Å²) in [5.74, 6) is 1.74. The van der Waals surface area contributed by atoms with Crippen LogP contribution in [0.25, 0.3) is 0 Å². The van der Waals surface area contributed by atoms with Crippen LogP contribution < -0.4 is 5.32 Å². The number of hydrogen-bond acceptors (Lipinski definition) is 2. The second kappa shape index (κ2) is 5.29. The minimum absolute atomic E-state index is 0.0139. The lowest BCUT2D eigenvalue weighted by molar-refractivity contribution is -0.135. The highest BCUT2D eigenvalue weighted by Crippen LogP contribution is 2.38. The highest BCUT2D eigenvalue weighted by molar-refractivity contribution is 5.90. The molecule has 1 saturated carbocycles. The summed E-state index contributed by atoms with van der Waals surface area (Å²) in [5, 5.41) is 2.88. The Morgan fingerprint density at radius 2 is 2.11 bits per heavy atom. The molecule has 2 aliphatic rings. The van der Waals surface area contributed by atoms with Crippen LogP contribution in [0.4, 0.5) is 0 Å². The Bertz CT molecular complexity index is 343. The van der Waals surface area contributed by atoms with Gasteiger partial charge >= 0.3 is 0 Å². The van der Waals surface area contributed by atoms with Crippen LogP contribution in [0.3, 0.4) is 0 Å². The molecular formula is C14H24N2O2. The predicted molar refractivity (Wildman–Crippen MR) is 69.9 cm³/mol. The van der Waals surface area contributed by atoms with Gasteiger partial charge in [0.15, 0.2) is 0 Å². The molecule has 1 aliphatic heterocycles. The number of carbonyl (C=O) groups is 2. The van der Waals surface area contributed by atoms with Crippen LogP contribution >= 0.6 is 0 Å². The van der Waals surface area contributed by atoms with E-state index >= 15 is 0 Å². The van der Waals surface area contributed by atoms with Gasteiger partial charge in [0.25, 0.3) is 0 Å². The zero-order valence-electron chi connectivity index (χ0n) is 11.6. The summed E-state index contributed by atoms with van der Waals surface area (Å²) in [7, 11) is 0. The zero-order valence-corrected chi connectivity index (χ0v) is 11.6. The van der Waals surface area contributed by atoms with Crippen molar-refractivity contribution in [2.45, 2.75) is 46.1 Å². The van der Waals surface area contributed by atoms with E-state index in [-0.39, 0.29) is 23.8 Å². The molecule has 2 amide bonds. The molecule has 1 aliphatic carbocycles. The Balaban J connectivity index is 2.05. The van der Waals surface area contributed by atoms with Gasteiger partial charge < -0.3 is 10.2 Å². The van der Waals surface area contributed by atoms with E-state index in [1.807, 2.05) is 11.8 Å². The van der Waals surface area contributed by atoms with Crippen LogP contribution in [0.1, 0.15) is 40.0 Å². The molecule has 1 N–H and O–H groups in total. The molecule has 2 fully saturated rings. The van der Waals surface area contributed by atoms with E-state index in [2.05, 4.69) is 19.2 Å². The zero-order chi connectivity index (χ0) is 13.3. The lowest BCUT2D eigenvalue weighted by Crippen LogP contribution is -2.48. The molecule has 1 heterocycles. The van der Waals surface area contributed by atoms with Gasteiger partial charge in [0.2, 0.25) is 11.8 Å². The van der Waals surface area contributed by atoms with Gasteiger partial charge in [0, 0.05) is 19.5 Å². The highest BCUT2D eigenvalue weighted by Gasteiger charge is 2.39. The predicted octanol–water partition coefficient (Wildman–Crippen LogP) is 1.41. The van der Waals surface area contributed by atoms with Crippen molar-refractivity contribution in [3.63, 3.8) is 0 Å². The lowest BCUT2D eigenvalue weighted by Gasteiger charge is -2.27. The number of hydrogen-bond donors (Lipinski definition) is 1. The molecule has 4 unspecified atom stereocenters. The first-order valence-electron chi connectivity index (χ1n) is 7.11. The van der Waals surface area contributed by atoms with Crippen LogP contribution in [0.5, 0.6) is 0 Å². The fraction of sp³-hybridized carbons (Fsp3) is 0.857. The Labute approximate surface area is 109 Å². The molecule has 2 rings (SSSR count). The smallest absolute Gasteiger partial charge is 0.245 e. The number of nitrogens with one attached hydrogen (secondary N) is 1. The first-order valence-corrected chi connectivity index (χ1v) is 7.11. The Hall–Kier alpha value is -1.06. The molecule has 4 nitrogen and oxygen atoms in total. The van der Waals surface area contributed by atoms with E-state index < -0.39 is 0 Å². The summed E-state index contributed by atoms with van der Waals surface area (Å²) in [6.45, 7) is 7.74. The quantitative estimate of drug-likeness (QED) is 0.822. The number of carbonyl (C=O) groups excluding carboxylic acids is 2. The van der Waals surface area contributed by atoms with Gasteiger partial charge in [-0.25, -0.2) is 0 Å². The topological polar surface area (TPSA) is 49.4 Å². The van der Waals surface area contributed by atoms with Gasteiger partial charge in [-0.15, -0.1) is 0 Å². The van der Waals surface area contributed by atoms with Gasteiger partial charge in [-0.3, -0.25) is 9.59 Å². The molecule has 1 saturated heterocycles. The van der Waals surface area contributed by atoms with Gasteiger partial charge in [-0.05, 0) is 24.2 Å². The van der Waals surface area contributed by atoms with E-state index in [1.165, 1.54) is 6.42 Å².